The zero-order valence-corrected chi connectivity index (χ0v) is 8.31. The summed E-state index contributed by atoms with van der Waals surface area (Å²) in [7, 11) is 0. The van der Waals surface area contributed by atoms with Crippen molar-refractivity contribution in [1.82, 2.24) is 4.98 Å². The number of nitrogens with zero attached hydrogens (tertiary/aromatic N) is 3. The Morgan fingerprint density at radius 3 is 2.19 bits per heavy atom. The number of nitriles is 2. The third-order valence-corrected chi connectivity index (χ3v) is 2.13. The molecular formula is C13H6N3. The van der Waals surface area contributed by atoms with E-state index in [0.717, 1.165) is 11.1 Å². The van der Waals surface area contributed by atoms with E-state index in [1.54, 1.807) is 36.7 Å². The van der Waals surface area contributed by atoms with Crippen LogP contribution in [0.1, 0.15) is 11.1 Å². The highest BCUT2D eigenvalue weighted by molar-refractivity contribution is 5.66. The van der Waals surface area contributed by atoms with Crippen LogP contribution in [0.25, 0.3) is 11.1 Å². The van der Waals surface area contributed by atoms with Gasteiger partial charge in [0.05, 0.1) is 23.3 Å². The Balaban J connectivity index is 2.59. The summed E-state index contributed by atoms with van der Waals surface area (Å²) in [5, 5.41) is 17.7. The third kappa shape index (κ3) is 1.89. The minimum Gasteiger partial charge on any atom is -0.263 e. The lowest BCUT2D eigenvalue weighted by atomic mass is 10.0. The second-order valence-electron chi connectivity index (χ2n) is 3.20. The quantitative estimate of drug-likeness (QED) is 0.716. The highest BCUT2D eigenvalue weighted by Crippen LogP contribution is 2.20. The molecule has 16 heavy (non-hydrogen) atoms. The van der Waals surface area contributed by atoms with Gasteiger partial charge in [-0.2, -0.15) is 10.5 Å². The summed E-state index contributed by atoms with van der Waals surface area (Å²) in [5.41, 5.74) is 2.59. The van der Waals surface area contributed by atoms with Gasteiger partial charge < -0.3 is 0 Å². The van der Waals surface area contributed by atoms with Crippen molar-refractivity contribution >= 4 is 0 Å². The van der Waals surface area contributed by atoms with E-state index < -0.39 is 0 Å². The van der Waals surface area contributed by atoms with E-state index in [1.807, 2.05) is 12.1 Å². The van der Waals surface area contributed by atoms with Crippen molar-refractivity contribution in [3.63, 3.8) is 0 Å². The molecule has 0 N–H and O–H groups in total. The minimum atomic E-state index is 0.470. The van der Waals surface area contributed by atoms with Gasteiger partial charge in [0.1, 0.15) is 0 Å². The molecule has 0 saturated carbocycles. The SMILES string of the molecule is N#Cc1cc(C#N)cc(-c2c[c]cnc2)c1. The van der Waals surface area contributed by atoms with Gasteiger partial charge in [-0.3, -0.25) is 4.98 Å². The van der Waals surface area contributed by atoms with Gasteiger partial charge in [0.15, 0.2) is 0 Å². The van der Waals surface area contributed by atoms with Crippen molar-refractivity contribution in [3.05, 3.63) is 53.9 Å². The van der Waals surface area contributed by atoms with Gasteiger partial charge in [-0.15, -0.1) is 0 Å². The molecule has 0 atom stereocenters. The Kier molecular flexibility index (Phi) is 2.63. The largest absolute Gasteiger partial charge is 0.263 e. The van der Waals surface area contributed by atoms with E-state index in [4.69, 9.17) is 10.5 Å². The van der Waals surface area contributed by atoms with Gasteiger partial charge in [0.25, 0.3) is 0 Å². The van der Waals surface area contributed by atoms with Crippen LogP contribution in [-0.2, 0) is 0 Å². The molecule has 73 valence electrons. The second kappa shape index (κ2) is 4.25. The molecule has 2 rings (SSSR count). The van der Waals surface area contributed by atoms with Crippen molar-refractivity contribution in [2.75, 3.05) is 0 Å². The molecule has 0 aliphatic heterocycles. The summed E-state index contributed by atoms with van der Waals surface area (Å²) in [4.78, 5) is 3.95. The van der Waals surface area contributed by atoms with Crippen LogP contribution in [0.4, 0.5) is 0 Å². The first-order valence-corrected chi connectivity index (χ1v) is 4.60. The fraction of sp³-hybridized carbons (Fsp3) is 0. The topological polar surface area (TPSA) is 60.5 Å². The molecule has 1 heterocycles. The molecule has 0 fully saturated rings. The average Bonchev–Trinajstić information content (AvgIpc) is 2.39. The number of pyridine rings is 1. The number of hydrogen-bond acceptors (Lipinski definition) is 3. The van der Waals surface area contributed by atoms with Crippen LogP contribution in [-0.4, -0.2) is 4.98 Å². The molecule has 0 amide bonds. The highest BCUT2D eigenvalue weighted by atomic mass is 14.6. The predicted molar refractivity (Wildman–Crippen MR) is 57.9 cm³/mol. The van der Waals surface area contributed by atoms with Crippen LogP contribution in [0.2, 0.25) is 0 Å². The lowest BCUT2D eigenvalue weighted by molar-refractivity contribution is 1.32. The summed E-state index contributed by atoms with van der Waals surface area (Å²) < 4.78 is 0. The monoisotopic (exact) mass is 204 g/mol. The Bertz CT molecular complexity index is 557. The van der Waals surface area contributed by atoms with Crippen LogP contribution in [0.15, 0.2) is 36.7 Å². The van der Waals surface area contributed by atoms with Crippen molar-refractivity contribution < 1.29 is 0 Å². The normalized spacial score (nSPS) is 9.12. The summed E-state index contributed by atoms with van der Waals surface area (Å²) in [6, 6.07) is 13.7. The van der Waals surface area contributed by atoms with Gasteiger partial charge >= 0.3 is 0 Å². The maximum Gasteiger partial charge on any atom is 0.0992 e. The number of aromatic nitrogens is 1. The predicted octanol–water partition coefficient (Wildman–Crippen LogP) is 2.29. The van der Waals surface area contributed by atoms with E-state index in [9.17, 15) is 0 Å². The summed E-state index contributed by atoms with van der Waals surface area (Å²) in [6.45, 7) is 0. The molecule has 0 aliphatic carbocycles. The number of benzene rings is 1. The Hall–Kier alpha value is -2.65. The summed E-state index contributed by atoms with van der Waals surface area (Å²) in [5.74, 6) is 0. The highest BCUT2D eigenvalue weighted by Gasteiger charge is 2.02. The molecule has 3 nitrogen and oxygen atoms in total. The van der Waals surface area contributed by atoms with Crippen LogP contribution in [0.3, 0.4) is 0 Å². The molecule has 3 heteroatoms. The Morgan fingerprint density at radius 2 is 1.69 bits per heavy atom. The molecule has 2 aromatic rings. The lowest BCUT2D eigenvalue weighted by Gasteiger charge is -2.01. The van der Waals surface area contributed by atoms with Crippen LogP contribution < -0.4 is 0 Å². The van der Waals surface area contributed by atoms with Gasteiger partial charge in [-0.05, 0) is 29.8 Å². The fourth-order valence-corrected chi connectivity index (χ4v) is 1.41. The fourth-order valence-electron chi connectivity index (χ4n) is 1.41. The number of rotatable bonds is 1. The van der Waals surface area contributed by atoms with Crippen molar-refractivity contribution in [2.24, 2.45) is 0 Å². The van der Waals surface area contributed by atoms with Crippen LogP contribution in [0, 0.1) is 28.7 Å². The summed E-state index contributed by atoms with van der Waals surface area (Å²) in [6.07, 6.45) is 3.23. The summed E-state index contributed by atoms with van der Waals surface area (Å²) >= 11 is 0. The Morgan fingerprint density at radius 1 is 1.00 bits per heavy atom. The lowest BCUT2D eigenvalue weighted by Crippen LogP contribution is -1.85. The van der Waals surface area contributed by atoms with E-state index >= 15 is 0 Å². The minimum absolute atomic E-state index is 0.470. The molecule has 0 unspecified atom stereocenters. The number of hydrogen-bond donors (Lipinski definition) is 0. The molecule has 0 aliphatic rings. The van der Waals surface area contributed by atoms with Crippen LogP contribution in [0.5, 0.6) is 0 Å². The molecular weight excluding hydrogens is 198 g/mol. The smallest absolute Gasteiger partial charge is 0.0992 e. The molecule has 1 radical (unpaired) electrons. The molecule has 0 saturated heterocycles. The maximum absolute atomic E-state index is 8.85. The van der Waals surface area contributed by atoms with Crippen molar-refractivity contribution in [3.8, 4) is 23.3 Å². The van der Waals surface area contributed by atoms with E-state index in [2.05, 4.69) is 11.1 Å². The second-order valence-corrected chi connectivity index (χ2v) is 3.20. The average molecular weight is 204 g/mol. The molecule has 1 aromatic carbocycles. The van der Waals surface area contributed by atoms with Crippen LogP contribution >= 0.6 is 0 Å². The van der Waals surface area contributed by atoms with E-state index in [-0.39, 0.29) is 0 Å². The molecule has 0 bridgehead atoms. The van der Waals surface area contributed by atoms with Gasteiger partial charge in [0, 0.05) is 24.0 Å². The zero-order chi connectivity index (χ0) is 11.4. The Labute approximate surface area is 93.2 Å². The first kappa shape index (κ1) is 9.89. The first-order valence-electron chi connectivity index (χ1n) is 4.60. The van der Waals surface area contributed by atoms with Gasteiger partial charge in [-0.25, -0.2) is 0 Å². The van der Waals surface area contributed by atoms with Crippen molar-refractivity contribution in [1.29, 1.82) is 10.5 Å². The molecule has 1 aromatic heterocycles. The molecule has 0 spiro atoms. The third-order valence-electron chi connectivity index (χ3n) is 2.13. The standard InChI is InChI=1S/C13H6N3/c14-7-10-4-11(8-15)6-13(5-10)12-2-1-3-16-9-12/h2-6,9H. The van der Waals surface area contributed by atoms with E-state index in [1.165, 1.54) is 0 Å². The maximum atomic E-state index is 8.85. The van der Waals surface area contributed by atoms with Crippen molar-refractivity contribution in [2.45, 2.75) is 0 Å². The van der Waals surface area contributed by atoms with Gasteiger partial charge in [-0.1, -0.05) is 0 Å². The first-order chi connectivity index (χ1) is 7.83. The zero-order valence-electron chi connectivity index (χ0n) is 8.31. The van der Waals surface area contributed by atoms with Gasteiger partial charge in [0.2, 0.25) is 0 Å². The van der Waals surface area contributed by atoms with E-state index in [0.29, 0.717) is 11.1 Å².